The minimum atomic E-state index is -1.04. The van der Waals surface area contributed by atoms with E-state index in [2.05, 4.69) is 15.0 Å². The molecule has 1 aliphatic rings. The highest BCUT2D eigenvalue weighted by Gasteiger charge is 2.45. The summed E-state index contributed by atoms with van der Waals surface area (Å²) >= 11 is 1.48. The lowest BCUT2D eigenvalue weighted by Crippen LogP contribution is -2.47. The van der Waals surface area contributed by atoms with Crippen molar-refractivity contribution in [2.45, 2.75) is 45.4 Å². The lowest BCUT2D eigenvalue weighted by atomic mass is 9.68. The van der Waals surface area contributed by atoms with Crippen LogP contribution in [0.1, 0.15) is 42.0 Å². The van der Waals surface area contributed by atoms with Gasteiger partial charge in [0.15, 0.2) is 0 Å². The van der Waals surface area contributed by atoms with E-state index in [9.17, 15) is 14.4 Å². The first-order valence-electron chi connectivity index (χ1n) is 9.49. The van der Waals surface area contributed by atoms with Gasteiger partial charge in [-0.1, -0.05) is 26.0 Å². The van der Waals surface area contributed by atoms with E-state index in [1.807, 2.05) is 13.8 Å². The van der Waals surface area contributed by atoms with Gasteiger partial charge in [-0.05, 0) is 37.0 Å². The minimum absolute atomic E-state index is 0.352. The molecule has 0 saturated heterocycles. The third-order valence-electron chi connectivity index (χ3n) is 5.16. The maximum Gasteiger partial charge on any atom is 0.254 e. The second-order valence-electron chi connectivity index (χ2n) is 6.63. The number of nitrogens with zero attached hydrogens (tertiary/aromatic N) is 3. The third-order valence-corrected chi connectivity index (χ3v) is 6.30. The Hall–Kier alpha value is -2.71. The summed E-state index contributed by atoms with van der Waals surface area (Å²) in [5, 5.41) is 10.2. The summed E-state index contributed by atoms with van der Waals surface area (Å²) < 4.78 is 14.2. The number of hydrogen-bond acceptors (Lipinski definition) is 6. The lowest BCUT2D eigenvalue weighted by Gasteiger charge is -2.36. The Morgan fingerprint density at radius 3 is 2.69 bits per heavy atom. The van der Waals surface area contributed by atoms with Gasteiger partial charge in [0.2, 0.25) is 0 Å². The van der Waals surface area contributed by atoms with Crippen LogP contribution in [0.25, 0.3) is 10.6 Å². The van der Waals surface area contributed by atoms with Crippen LogP contribution in [0.4, 0.5) is 4.39 Å². The largest absolute Gasteiger partial charge is 0.289 e. The maximum absolute atomic E-state index is 14.2. The van der Waals surface area contributed by atoms with Crippen LogP contribution in [0, 0.1) is 12.7 Å². The average Bonchev–Trinajstić information content (AvgIpc) is 3.20. The quantitative estimate of drug-likeness (QED) is 0.499. The molecule has 152 valence electrons. The number of halogens is 1. The summed E-state index contributed by atoms with van der Waals surface area (Å²) in [6.07, 6.45) is 6.20. The van der Waals surface area contributed by atoms with Crippen molar-refractivity contribution in [3.05, 3.63) is 64.4 Å². The van der Waals surface area contributed by atoms with Gasteiger partial charge < -0.3 is 0 Å². The number of thiazole rings is 1. The molecule has 0 bridgehead atoms. The Labute approximate surface area is 172 Å². The molecule has 1 aromatic carbocycles. The van der Waals surface area contributed by atoms with Crippen LogP contribution in [0.15, 0.2) is 36.9 Å². The van der Waals surface area contributed by atoms with E-state index in [0.717, 1.165) is 21.1 Å². The summed E-state index contributed by atoms with van der Waals surface area (Å²) in [5.41, 5.74) is 3.51. The molecule has 0 fully saturated rings. The van der Waals surface area contributed by atoms with Gasteiger partial charge in [0.25, 0.3) is 5.91 Å². The minimum Gasteiger partial charge on any atom is -0.289 e. The summed E-state index contributed by atoms with van der Waals surface area (Å²) in [6, 6.07) is 4.72. The smallest absolute Gasteiger partial charge is 0.254 e. The fourth-order valence-electron chi connectivity index (χ4n) is 3.72. The molecule has 0 radical (unpaired) electrons. The molecule has 2 N–H and O–H groups in total. The number of aryl methyl sites for hydroxylation is 1. The summed E-state index contributed by atoms with van der Waals surface area (Å²) in [5.74, 6) is -0.894. The van der Waals surface area contributed by atoms with Crippen molar-refractivity contribution >= 4 is 17.2 Å². The third kappa shape index (κ3) is 3.77. The molecule has 3 aromatic rings. The van der Waals surface area contributed by atoms with Gasteiger partial charge in [0.05, 0.1) is 11.1 Å². The molecule has 0 spiro atoms. The second kappa shape index (κ2) is 8.75. The number of hydroxylamine groups is 1. The Kier molecular flexibility index (Phi) is 6.34. The molecule has 0 aliphatic heterocycles. The molecular formula is C21H23FN4O2S. The molecule has 1 amide bonds. The van der Waals surface area contributed by atoms with E-state index in [4.69, 9.17) is 0 Å². The van der Waals surface area contributed by atoms with E-state index < -0.39 is 11.3 Å². The average molecular weight is 415 g/mol. The van der Waals surface area contributed by atoms with Crippen molar-refractivity contribution in [3.8, 4) is 10.6 Å². The first-order chi connectivity index (χ1) is 14.0. The normalized spacial score (nSPS) is 17.7. The monoisotopic (exact) mass is 414 g/mol. The number of carbonyl (C=O) groups is 1. The molecule has 1 unspecified atom stereocenters. The molecule has 8 heteroatoms. The summed E-state index contributed by atoms with van der Waals surface area (Å²) in [6.45, 7) is 5.66. The number of amides is 1. The first kappa shape index (κ1) is 21.0. The van der Waals surface area contributed by atoms with Crippen molar-refractivity contribution < 1.29 is 14.4 Å². The Morgan fingerprint density at radius 1 is 1.28 bits per heavy atom. The second-order valence-corrected chi connectivity index (χ2v) is 7.71. The van der Waals surface area contributed by atoms with Crippen molar-refractivity contribution in [1.29, 1.82) is 0 Å². The van der Waals surface area contributed by atoms with E-state index >= 15 is 0 Å². The van der Waals surface area contributed by atoms with Gasteiger partial charge >= 0.3 is 0 Å². The molecular weight excluding hydrogens is 391 g/mol. The molecule has 0 saturated carbocycles. The van der Waals surface area contributed by atoms with Crippen LogP contribution >= 0.6 is 11.3 Å². The van der Waals surface area contributed by atoms with Crippen LogP contribution in [0.5, 0.6) is 0 Å². The van der Waals surface area contributed by atoms with Crippen LogP contribution in [0.2, 0.25) is 0 Å². The lowest BCUT2D eigenvalue weighted by molar-refractivity contribution is -0.135. The zero-order chi connectivity index (χ0) is 21.0. The Balaban J connectivity index is 0.00000117. The van der Waals surface area contributed by atoms with Gasteiger partial charge in [-0.25, -0.2) is 24.8 Å². The van der Waals surface area contributed by atoms with Crippen LogP contribution < -0.4 is 5.48 Å². The predicted octanol–water partition coefficient (Wildman–Crippen LogP) is 4.01. The number of aromatic nitrogens is 3. The van der Waals surface area contributed by atoms with Gasteiger partial charge in [-0.15, -0.1) is 11.3 Å². The number of carbonyl (C=O) groups excluding carboxylic acids is 1. The molecule has 6 nitrogen and oxygen atoms in total. The number of fused-ring (bicyclic) bond motifs is 1. The van der Waals surface area contributed by atoms with Crippen LogP contribution in [-0.4, -0.2) is 26.1 Å². The van der Waals surface area contributed by atoms with E-state index in [1.54, 1.807) is 36.9 Å². The van der Waals surface area contributed by atoms with Gasteiger partial charge in [-0.3, -0.25) is 10.0 Å². The van der Waals surface area contributed by atoms with E-state index in [1.165, 1.54) is 23.7 Å². The Bertz CT molecular complexity index is 1010. The summed E-state index contributed by atoms with van der Waals surface area (Å²) in [7, 11) is 0. The highest BCUT2D eigenvalue weighted by Crippen LogP contribution is 2.43. The maximum atomic E-state index is 14.2. The Morgan fingerprint density at radius 2 is 2.00 bits per heavy atom. The standard InChI is InChI=1S/C19H17FN4O2S.C2H6/c1-11-13(3-2-4-14(11)20)19(18(25)24-26)6-5-15-16(7-19)27-17(23-15)12-8-21-10-22-9-12;1-2/h2-4,8-10,26H,5-7H2,1H3,(H,24,25);1-2H3. The van der Waals surface area contributed by atoms with Crippen molar-refractivity contribution in [2.75, 3.05) is 0 Å². The van der Waals surface area contributed by atoms with Crippen molar-refractivity contribution in [1.82, 2.24) is 20.4 Å². The van der Waals surface area contributed by atoms with Crippen LogP contribution in [0.3, 0.4) is 0 Å². The number of nitrogens with one attached hydrogen (secondary N) is 1. The topological polar surface area (TPSA) is 88.0 Å². The fraction of sp³-hybridized carbons (Fsp3) is 0.333. The van der Waals surface area contributed by atoms with Gasteiger partial charge in [0, 0.05) is 29.3 Å². The van der Waals surface area contributed by atoms with Gasteiger partial charge in [0.1, 0.15) is 17.2 Å². The predicted molar refractivity (Wildman–Crippen MR) is 109 cm³/mol. The SMILES string of the molecule is CC.Cc1c(F)cccc1C1(C(=O)NO)CCc2nc(-c3cncnc3)sc2C1. The van der Waals surface area contributed by atoms with E-state index in [0.29, 0.717) is 30.4 Å². The van der Waals surface area contributed by atoms with Crippen LogP contribution in [-0.2, 0) is 23.1 Å². The van der Waals surface area contributed by atoms with Crippen molar-refractivity contribution in [2.24, 2.45) is 0 Å². The first-order valence-corrected chi connectivity index (χ1v) is 10.3. The summed E-state index contributed by atoms with van der Waals surface area (Å²) in [4.78, 5) is 26.4. The molecule has 2 aromatic heterocycles. The van der Waals surface area contributed by atoms with Gasteiger partial charge in [-0.2, -0.15) is 0 Å². The highest BCUT2D eigenvalue weighted by atomic mass is 32.1. The fourth-order valence-corrected chi connectivity index (χ4v) is 4.92. The van der Waals surface area contributed by atoms with E-state index in [-0.39, 0.29) is 5.82 Å². The zero-order valence-electron chi connectivity index (χ0n) is 16.6. The van der Waals surface area contributed by atoms with Crippen molar-refractivity contribution in [3.63, 3.8) is 0 Å². The zero-order valence-corrected chi connectivity index (χ0v) is 17.4. The number of rotatable bonds is 3. The highest BCUT2D eigenvalue weighted by molar-refractivity contribution is 7.15. The number of hydrogen-bond donors (Lipinski definition) is 2. The number of benzene rings is 1. The molecule has 29 heavy (non-hydrogen) atoms. The molecule has 1 atom stereocenters. The molecule has 1 aliphatic carbocycles. The molecule has 2 heterocycles. The molecule has 4 rings (SSSR count).